The van der Waals surface area contributed by atoms with Crippen LogP contribution in [0.1, 0.15) is 16.7 Å². The molecule has 0 aliphatic rings. The molecule has 0 aliphatic carbocycles. The van der Waals surface area contributed by atoms with Gasteiger partial charge in [-0.05, 0) is 31.4 Å². The summed E-state index contributed by atoms with van der Waals surface area (Å²) in [4.78, 5) is 13.1. The highest BCUT2D eigenvalue weighted by atomic mass is 32.2. The van der Waals surface area contributed by atoms with Gasteiger partial charge in [0.05, 0.1) is 0 Å². The third-order valence-corrected chi connectivity index (χ3v) is 3.88. The van der Waals surface area contributed by atoms with Crippen molar-refractivity contribution in [2.24, 2.45) is 0 Å². The lowest BCUT2D eigenvalue weighted by Crippen LogP contribution is -2.11. The second-order valence-corrected chi connectivity index (χ2v) is 5.49. The van der Waals surface area contributed by atoms with E-state index in [2.05, 4.69) is 20.8 Å². The molecule has 0 unspecified atom stereocenters. The standard InChI is InChI=1S/C12H14N4OS2/c1-3-13-12-16-15-11(19-12)10(17)14-8-5-4-6-9(7-8)18-2/h4-7H,3H2,1-2H3,(H,13,16)(H,14,17). The van der Waals surface area contributed by atoms with Crippen molar-refractivity contribution in [2.45, 2.75) is 11.8 Å². The molecule has 0 bridgehead atoms. The molecule has 0 fully saturated rings. The molecule has 1 aromatic carbocycles. The van der Waals surface area contributed by atoms with E-state index in [1.165, 1.54) is 11.3 Å². The molecule has 0 saturated carbocycles. The van der Waals surface area contributed by atoms with Gasteiger partial charge in [-0.3, -0.25) is 4.79 Å². The van der Waals surface area contributed by atoms with Crippen LogP contribution in [0.2, 0.25) is 0 Å². The van der Waals surface area contributed by atoms with Gasteiger partial charge in [-0.25, -0.2) is 0 Å². The van der Waals surface area contributed by atoms with Gasteiger partial charge in [0.1, 0.15) is 0 Å². The molecule has 1 heterocycles. The van der Waals surface area contributed by atoms with Gasteiger partial charge in [-0.2, -0.15) is 0 Å². The van der Waals surface area contributed by atoms with Crippen molar-refractivity contribution in [3.63, 3.8) is 0 Å². The lowest BCUT2D eigenvalue weighted by Gasteiger charge is -2.04. The molecule has 2 aromatic rings. The molecule has 100 valence electrons. The Morgan fingerprint density at radius 2 is 2.26 bits per heavy atom. The minimum Gasteiger partial charge on any atom is -0.360 e. The van der Waals surface area contributed by atoms with Gasteiger partial charge >= 0.3 is 0 Å². The summed E-state index contributed by atoms with van der Waals surface area (Å²) in [5.41, 5.74) is 0.761. The van der Waals surface area contributed by atoms with Gasteiger partial charge in [0.15, 0.2) is 0 Å². The number of anilines is 2. The normalized spacial score (nSPS) is 10.2. The topological polar surface area (TPSA) is 66.9 Å². The smallest absolute Gasteiger partial charge is 0.286 e. The van der Waals surface area contributed by atoms with Crippen LogP contribution in [0.15, 0.2) is 29.2 Å². The minimum atomic E-state index is -0.236. The van der Waals surface area contributed by atoms with Crippen molar-refractivity contribution in [1.82, 2.24) is 10.2 Å². The maximum Gasteiger partial charge on any atom is 0.286 e. The zero-order valence-electron chi connectivity index (χ0n) is 10.6. The predicted octanol–water partition coefficient (Wildman–Crippen LogP) is 2.94. The molecule has 1 amide bonds. The van der Waals surface area contributed by atoms with Gasteiger partial charge in [0.25, 0.3) is 5.91 Å². The van der Waals surface area contributed by atoms with Gasteiger partial charge < -0.3 is 10.6 Å². The van der Waals surface area contributed by atoms with Gasteiger partial charge in [0, 0.05) is 17.1 Å². The summed E-state index contributed by atoms with van der Waals surface area (Å²) in [6.07, 6.45) is 1.99. The number of amides is 1. The van der Waals surface area contributed by atoms with E-state index in [1.807, 2.05) is 37.4 Å². The quantitative estimate of drug-likeness (QED) is 0.830. The minimum absolute atomic E-state index is 0.236. The summed E-state index contributed by atoms with van der Waals surface area (Å²) in [5.74, 6) is -0.236. The first-order chi connectivity index (χ1) is 9.22. The molecule has 0 radical (unpaired) electrons. The first-order valence-electron chi connectivity index (χ1n) is 5.75. The van der Waals surface area contributed by atoms with Crippen molar-refractivity contribution in [1.29, 1.82) is 0 Å². The van der Waals surface area contributed by atoms with Crippen molar-refractivity contribution in [2.75, 3.05) is 23.4 Å². The van der Waals surface area contributed by atoms with E-state index in [0.717, 1.165) is 17.1 Å². The molecule has 19 heavy (non-hydrogen) atoms. The average molecular weight is 294 g/mol. The Kier molecular flexibility index (Phi) is 4.75. The largest absolute Gasteiger partial charge is 0.360 e. The Bertz CT molecular complexity index is 570. The fourth-order valence-electron chi connectivity index (χ4n) is 1.42. The van der Waals surface area contributed by atoms with E-state index in [-0.39, 0.29) is 5.91 Å². The third-order valence-electron chi connectivity index (χ3n) is 2.27. The van der Waals surface area contributed by atoms with Gasteiger partial charge in [0.2, 0.25) is 10.1 Å². The first-order valence-corrected chi connectivity index (χ1v) is 7.80. The number of carbonyl (C=O) groups excluding carboxylic acids is 1. The Hall–Kier alpha value is -1.60. The average Bonchev–Trinajstić information content (AvgIpc) is 2.88. The Morgan fingerprint density at radius 1 is 1.42 bits per heavy atom. The molecule has 0 saturated heterocycles. The Balaban J connectivity index is 2.06. The molecule has 1 aromatic heterocycles. The lowest BCUT2D eigenvalue weighted by atomic mass is 10.3. The number of benzene rings is 1. The summed E-state index contributed by atoms with van der Waals surface area (Å²) >= 11 is 2.87. The molecular weight excluding hydrogens is 280 g/mol. The molecule has 0 aliphatic heterocycles. The van der Waals surface area contributed by atoms with E-state index in [1.54, 1.807) is 11.8 Å². The Labute approximate surface area is 119 Å². The van der Waals surface area contributed by atoms with Crippen LogP contribution >= 0.6 is 23.1 Å². The molecule has 0 atom stereocenters. The summed E-state index contributed by atoms with van der Waals surface area (Å²) < 4.78 is 0. The highest BCUT2D eigenvalue weighted by Crippen LogP contribution is 2.20. The van der Waals surface area contributed by atoms with E-state index in [4.69, 9.17) is 0 Å². The molecule has 5 nitrogen and oxygen atoms in total. The second-order valence-electron chi connectivity index (χ2n) is 3.63. The number of hydrogen-bond acceptors (Lipinski definition) is 6. The van der Waals surface area contributed by atoms with E-state index in [9.17, 15) is 4.79 Å². The fraction of sp³-hybridized carbons (Fsp3) is 0.250. The fourth-order valence-corrected chi connectivity index (χ4v) is 2.59. The van der Waals surface area contributed by atoms with Crippen LogP contribution in [0.25, 0.3) is 0 Å². The zero-order chi connectivity index (χ0) is 13.7. The van der Waals surface area contributed by atoms with E-state index in [0.29, 0.717) is 10.1 Å². The summed E-state index contributed by atoms with van der Waals surface area (Å²) in [6.45, 7) is 2.72. The van der Waals surface area contributed by atoms with Crippen LogP contribution in [0.4, 0.5) is 10.8 Å². The number of nitrogens with one attached hydrogen (secondary N) is 2. The number of nitrogens with zero attached hydrogens (tertiary/aromatic N) is 2. The van der Waals surface area contributed by atoms with Gasteiger partial charge in [-0.1, -0.05) is 17.4 Å². The number of thioether (sulfide) groups is 1. The number of rotatable bonds is 5. The van der Waals surface area contributed by atoms with E-state index < -0.39 is 0 Å². The third kappa shape index (κ3) is 3.68. The second kappa shape index (κ2) is 6.53. The zero-order valence-corrected chi connectivity index (χ0v) is 12.3. The van der Waals surface area contributed by atoms with Crippen LogP contribution < -0.4 is 10.6 Å². The SMILES string of the molecule is CCNc1nnc(C(=O)Nc2cccc(SC)c2)s1. The molecule has 2 rings (SSSR count). The summed E-state index contributed by atoms with van der Waals surface area (Å²) in [6, 6.07) is 7.68. The Morgan fingerprint density at radius 3 is 3.00 bits per heavy atom. The maximum atomic E-state index is 12.0. The van der Waals surface area contributed by atoms with Crippen LogP contribution in [0.5, 0.6) is 0 Å². The summed E-state index contributed by atoms with van der Waals surface area (Å²) in [7, 11) is 0. The van der Waals surface area contributed by atoms with Crippen molar-refractivity contribution in [3.8, 4) is 0 Å². The monoisotopic (exact) mass is 294 g/mol. The molecule has 2 N–H and O–H groups in total. The van der Waals surface area contributed by atoms with Crippen LogP contribution in [-0.4, -0.2) is 28.9 Å². The van der Waals surface area contributed by atoms with Crippen LogP contribution in [-0.2, 0) is 0 Å². The van der Waals surface area contributed by atoms with Crippen LogP contribution in [0, 0.1) is 0 Å². The molecule has 7 heteroatoms. The highest BCUT2D eigenvalue weighted by Gasteiger charge is 2.12. The molecular formula is C12H14N4OS2. The van der Waals surface area contributed by atoms with E-state index >= 15 is 0 Å². The maximum absolute atomic E-state index is 12.0. The number of aromatic nitrogens is 2. The highest BCUT2D eigenvalue weighted by molar-refractivity contribution is 7.98. The van der Waals surface area contributed by atoms with Crippen LogP contribution in [0.3, 0.4) is 0 Å². The van der Waals surface area contributed by atoms with Crippen molar-refractivity contribution < 1.29 is 4.79 Å². The number of hydrogen-bond donors (Lipinski definition) is 2. The summed E-state index contributed by atoms with van der Waals surface area (Å²) in [5, 5.41) is 14.6. The van der Waals surface area contributed by atoms with Crippen molar-refractivity contribution in [3.05, 3.63) is 29.3 Å². The lowest BCUT2D eigenvalue weighted by molar-refractivity contribution is 0.102. The first kappa shape index (κ1) is 13.8. The molecule has 0 spiro atoms. The van der Waals surface area contributed by atoms with Crippen molar-refractivity contribution >= 4 is 39.8 Å². The van der Waals surface area contributed by atoms with Gasteiger partial charge in [-0.15, -0.1) is 22.0 Å². The predicted molar refractivity (Wildman–Crippen MR) is 80.2 cm³/mol. The number of carbonyl (C=O) groups is 1.